The summed E-state index contributed by atoms with van der Waals surface area (Å²) in [5, 5.41) is 2.58. The smallest absolute Gasteiger partial charge is 0.352 e. The molecule has 2 rings (SSSR count). The molecule has 0 radical (unpaired) electrons. The Morgan fingerprint density at radius 2 is 1.95 bits per heavy atom. The van der Waals surface area contributed by atoms with E-state index in [1.807, 2.05) is 0 Å². The summed E-state index contributed by atoms with van der Waals surface area (Å²) in [6.07, 6.45) is -2.31. The van der Waals surface area contributed by atoms with E-state index >= 15 is 0 Å². The molecule has 1 aromatic rings. The Hall–Kier alpha value is -1.27. The van der Waals surface area contributed by atoms with Crippen molar-refractivity contribution in [2.45, 2.75) is 38.0 Å². The molecule has 0 spiro atoms. The van der Waals surface area contributed by atoms with Gasteiger partial charge in [0.15, 0.2) is 0 Å². The summed E-state index contributed by atoms with van der Waals surface area (Å²) in [6.45, 7) is -0.111. The lowest BCUT2D eigenvalue weighted by Gasteiger charge is -2.15. The molecule has 1 aliphatic carbocycles. The van der Waals surface area contributed by atoms with Gasteiger partial charge in [-0.2, -0.15) is 13.2 Å². The number of benzene rings is 1. The number of alkyl halides is 3. The third kappa shape index (κ3) is 4.61. The van der Waals surface area contributed by atoms with Gasteiger partial charge < -0.3 is 11.1 Å². The molecule has 0 aliphatic heterocycles. The molecule has 0 bridgehead atoms. The van der Waals surface area contributed by atoms with Crippen molar-refractivity contribution in [2.75, 3.05) is 0 Å². The van der Waals surface area contributed by atoms with E-state index in [9.17, 15) is 18.0 Å². The zero-order valence-electron chi connectivity index (χ0n) is 11.3. The molecule has 21 heavy (non-hydrogen) atoms. The summed E-state index contributed by atoms with van der Waals surface area (Å²) in [5.41, 5.74) is 5.10. The Morgan fingerprint density at radius 1 is 1.29 bits per heavy atom. The van der Waals surface area contributed by atoms with Crippen LogP contribution in [-0.4, -0.2) is 11.9 Å². The topological polar surface area (TPSA) is 55.1 Å². The van der Waals surface area contributed by atoms with Crippen LogP contribution in [0.25, 0.3) is 0 Å². The Kier molecular flexibility index (Phi) is 6.04. The van der Waals surface area contributed by atoms with Crippen LogP contribution < -0.4 is 11.1 Å². The van der Waals surface area contributed by atoms with Crippen LogP contribution in [0, 0.1) is 5.92 Å². The minimum absolute atomic E-state index is 0. The summed E-state index contributed by atoms with van der Waals surface area (Å²) in [7, 11) is 0. The standard InChI is InChI=1S/C14H17F3N2O.ClH/c15-14(16,17)12-4-2-1-3-10(12)8-19-13(20)9-5-6-11(18)7-9;/h1-4,9,11H,5-8,18H2,(H,19,20);1H. The van der Waals surface area contributed by atoms with E-state index in [1.54, 1.807) is 0 Å². The summed E-state index contributed by atoms with van der Waals surface area (Å²) in [5.74, 6) is -0.391. The normalized spacial score (nSPS) is 21.7. The zero-order valence-corrected chi connectivity index (χ0v) is 12.1. The fourth-order valence-electron chi connectivity index (χ4n) is 2.53. The number of rotatable bonds is 3. The van der Waals surface area contributed by atoms with Crippen molar-refractivity contribution in [2.24, 2.45) is 11.7 Å². The largest absolute Gasteiger partial charge is 0.416 e. The fraction of sp³-hybridized carbons (Fsp3) is 0.500. The van der Waals surface area contributed by atoms with Crippen LogP contribution in [0.1, 0.15) is 30.4 Å². The van der Waals surface area contributed by atoms with Gasteiger partial charge in [0.1, 0.15) is 0 Å². The molecule has 1 aliphatic rings. The second-order valence-electron chi connectivity index (χ2n) is 5.14. The number of hydrogen-bond donors (Lipinski definition) is 2. The first kappa shape index (κ1) is 17.8. The number of nitrogens with one attached hydrogen (secondary N) is 1. The van der Waals surface area contributed by atoms with Gasteiger partial charge in [0.2, 0.25) is 5.91 Å². The van der Waals surface area contributed by atoms with Crippen molar-refractivity contribution in [3.05, 3.63) is 35.4 Å². The molecule has 2 atom stereocenters. The summed E-state index contributed by atoms with van der Waals surface area (Å²) in [6, 6.07) is 5.29. The first-order valence-corrected chi connectivity index (χ1v) is 6.56. The van der Waals surface area contributed by atoms with Crippen molar-refractivity contribution in [1.29, 1.82) is 0 Å². The van der Waals surface area contributed by atoms with Gasteiger partial charge in [0.05, 0.1) is 5.56 Å². The van der Waals surface area contributed by atoms with E-state index in [2.05, 4.69) is 5.32 Å². The third-order valence-electron chi connectivity index (χ3n) is 3.62. The van der Waals surface area contributed by atoms with Gasteiger partial charge in [0, 0.05) is 18.5 Å². The van der Waals surface area contributed by atoms with E-state index in [0.29, 0.717) is 12.8 Å². The van der Waals surface area contributed by atoms with Gasteiger partial charge in [-0.1, -0.05) is 18.2 Å². The van der Waals surface area contributed by atoms with Gasteiger partial charge in [-0.3, -0.25) is 4.79 Å². The molecule has 3 N–H and O–H groups in total. The van der Waals surface area contributed by atoms with E-state index in [-0.39, 0.29) is 42.4 Å². The van der Waals surface area contributed by atoms with Crippen molar-refractivity contribution in [3.8, 4) is 0 Å². The molecule has 118 valence electrons. The maximum atomic E-state index is 12.8. The van der Waals surface area contributed by atoms with E-state index in [4.69, 9.17) is 5.73 Å². The van der Waals surface area contributed by atoms with Gasteiger partial charge in [-0.15, -0.1) is 12.4 Å². The average Bonchev–Trinajstić information content (AvgIpc) is 2.82. The van der Waals surface area contributed by atoms with Gasteiger partial charge in [-0.25, -0.2) is 0 Å². The zero-order chi connectivity index (χ0) is 14.8. The Bertz CT molecular complexity index is 493. The molecule has 0 heterocycles. The predicted molar refractivity (Wildman–Crippen MR) is 75.9 cm³/mol. The molecule has 2 unspecified atom stereocenters. The molecular formula is C14H18ClF3N2O. The maximum absolute atomic E-state index is 12.8. The van der Waals surface area contributed by atoms with Crippen molar-refractivity contribution in [1.82, 2.24) is 5.32 Å². The summed E-state index contributed by atoms with van der Waals surface area (Å²) < 4.78 is 38.4. The van der Waals surface area contributed by atoms with Crippen molar-refractivity contribution < 1.29 is 18.0 Å². The van der Waals surface area contributed by atoms with Crippen LogP contribution in [0.2, 0.25) is 0 Å². The van der Waals surface area contributed by atoms with E-state index in [0.717, 1.165) is 12.5 Å². The summed E-state index contributed by atoms with van der Waals surface area (Å²) in [4.78, 5) is 11.9. The van der Waals surface area contributed by atoms with Crippen LogP contribution in [0.3, 0.4) is 0 Å². The highest BCUT2D eigenvalue weighted by Gasteiger charge is 2.33. The molecule has 1 aromatic carbocycles. The van der Waals surface area contributed by atoms with Crippen LogP contribution in [0.15, 0.2) is 24.3 Å². The van der Waals surface area contributed by atoms with Gasteiger partial charge >= 0.3 is 6.18 Å². The highest BCUT2D eigenvalue weighted by molar-refractivity contribution is 5.85. The summed E-state index contributed by atoms with van der Waals surface area (Å²) >= 11 is 0. The monoisotopic (exact) mass is 322 g/mol. The molecule has 0 saturated heterocycles. The molecule has 7 heteroatoms. The second-order valence-corrected chi connectivity index (χ2v) is 5.14. The highest BCUT2D eigenvalue weighted by Crippen LogP contribution is 2.32. The lowest BCUT2D eigenvalue weighted by molar-refractivity contribution is -0.138. The number of nitrogens with two attached hydrogens (primary N) is 1. The number of carbonyl (C=O) groups excluding carboxylic acids is 1. The lowest BCUT2D eigenvalue weighted by Crippen LogP contribution is -2.30. The molecule has 0 aromatic heterocycles. The molecule has 3 nitrogen and oxygen atoms in total. The third-order valence-corrected chi connectivity index (χ3v) is 3.62. The van der Waals surface area contributed by atoms with Crippen LogP contribution in [-0.2, 0) is 17.5 Å². The quantitative estimate of drug-likeness (QED) is 0.899. The first-order chi connectivity index (χ1) is 9.38. The van der Waals surface area contributed by atoms with Gasteiger partial charge in [0.25, 0.3) is 0 Å². The number of halogens is 4. The SMILES string of the molecule is Cl.NC1CCC(C(=O)NCc2ccccc2C(F)(F)F)C1. The Morgan fingerprint density at radius 3 is 2.52 bits per heavy atom. The highest BCUT2D eigenvalue weighted by atomic mass is 35.5. The van der Waals surface area contributed by atoms with Crippen LogP contribution in [0.5, 0.6) is 0 Å². The fourth-order valence-corrected chi connectivity index (χ4v) is 2.53. The average molecular weight is 323 g/mol. The number of hydrogen-bond acceptors (Lipinski definition) is 2. The minimum atomic E-state index is -4.41. The molecule has 1 saturated carbocycles. The molecule has 1 amide bonds. The number of amides is 1. The van der Waals surface area contributed by atoms with Crippen LogP contribution >= 0.6 is 12.4 Å². The molecular weight excluding hydrogens is 305 g/mol. The van der Waals surface area contributed by atoms with Crippen molar-refractivity contribution >= 4 is 18.3 Å². The second kappa shape index (κ2) is 7.13. The molecule has 1 fully saturated rings. The number of carbonyl (C=O) groups is 1. The minimum Gasteiger partial charge on any atom is -0.352 e. The van der Waals surface area contributed by atoms with Gasteiger partial charge in [-0.05, 0) is 30.9 Å². The van der Waals surface area contributed by atoms with Crippen molar-refractivity contribution in [3.63, 3.8) is 0 Å². The lowest BCUT2D eigenvalue weighted by atomic mass is 10.1. The maximum Gasteiger partial charge on any atom is 0.416 e. The Labute approximate surface area is 127 Å². The van der Waals surface area contributed by atoms with Crippen LogP contribution in [0.4, 0.5) is 13.2 Å². The Balaban J connectivity index is 0.00000220. The van der Waals surface area contributed by atoms with E-state index < -0.39 is 11.7 Å². The van der Waals surface area contributed by atoms with E-state index in [1.165, 1.54) is 18.2 Å². The first-order valence-electron chi connectivity index (χ1n) is 6.56. The predicted octanol–water partition coefficient (Wildman–Crippen LogP) is 2.87.